The lowest BCUT2D eigenvalue weighted by Crippen LogP contribution is -2.67. The third-order valence-corrected chi connectivity index (χ3v) is 7.91. The summed E-state index contributed by atoms with van der Waals surface area (Å²) in [4.78, 5) is 11.8. The van der Waals surface area contributed by atoms with E-state index >= 15 is 0 Å². The molecule has 0 spiro atoms. The van der Waals surface area contributed by atoms with Crippen LogP contribution in [0.5, 0.6) is 0 Å². The number of hydrogen-bond donors (Lipinski definition) is 1. The van der Waals surface area contributed by atoms with Crippen LogP contribution in [0, 0.1) is 20.8 Å². The zero-order valence-electron chi connectivity index (χ0n) is 13.9. The molecule has 0 radical (unpaired) electrons. The third kappa shape index (κ3) is 3.00. The van der Waals surface area contributed by atoms with E-state index in [1.165, 1.54) is 16.7 Å². The molecule has 0 atom stereocenters. The lowest BCUT2D eigenvalue weighted by Gasteiger charge is -2.27. The van der Waals surface area contributed by atoms with Crippen LogP contribution in [0.15, 0.2) is 72.8 Å². The molecule has 0 aliphatic heterocycles. The van der Waals surface area contributed by atoms with Gasteiger partial charge in [0.2, 0.25) is 0 Å². The molecule has 116 valence electrons. The fraction of sp³-hybridized carbons (Fsp3) is 0.143. The van der Waals surface area contributed by atoms with Crippen molar-refractivity contribution in [3.8, 4) is 0 Å². The van der Waals surface area contributed by atoms with Gasteiger partial charge in [-0.15, -0.1) is 0 Å². The molecule has 0 aliphatic carbocycles. The summed E-state index contributed by atoms with van der Waals surface area (Å²) < 4.78 is 0. The van der Waals surface area contributed by atoms with Gasteiger partial charge in [0.15, 0.2) is 0 Å². The Balaban J connectivity index is 2.21. The van der Waals surface area contributed by atoms with E-state index in [9.17, 15) is 4.80 Å². The predicted octanol–water partition coefficient (Wildman–Crippen LogP) is 2.57. The highest BCUT2D eigenvalue weighted by Gasteiger charge is 2.38. The number of benzene rings is 3. The monoisotopic (exact) mass is 318 g/mol. The molecule has 0 saturated carbocycles. The second-order valence-electron chi connectivity index (χ2n) is 6.31. The minimum atomic E-state index is -2.95. The van der Waals surface area contributed by atoms with Gasteiger partial charge < -0.3 is 4.80 Å². The Morgan fingerprint density at radius 1 is 0.478 bits per heavy atom. The summed E-state index contributed by atoms with van der Waals surface area (Å²) in [6, 6.07) is 24.9. The second kappa shape index (κ2) is 6.15. The molecule has 1 N–H and O–H groups in total. The van der Waals surface area contributed by atoms with Gasteiger partial charge in [0.05, 0.1) is 0 Å². The fourth-order valence-electron chi connectivity index (χ4n) is 2.88. The average molecular weight is 318 g/mol. The van der Waals surface area contributed by atoms with Crippen molar-refractivity contribution < 1.29 is 4.80 Å². The Bertz CT molecular complexity index is 676. The van der Waals surface area contributed by atoms with Crippen LogP contribution in [-0.2, 0) is 0 Å². The first-order chi connectivity index (χ1) is 11.0. The first kappa shape index (κ1) is 15.7. The van der Waals surface area contributed by atoms with Crippen LogP contribution in [0.25, 0.3) is 0 Å². The zero-order chi connectivity index (χ0) is 16.4. The predicted molar refractivity (Wildman–Crippen MR) is 100 cm³/mol. The van der Waals surface area contributed by atoms with Crippen LogP contribution in [0.2, 0.25) is 0 Å². The van der Waals surface area contributed by atoms with E-state index in [4.69, 9.17) is 0 Å². The van der Waals surface area contributed by atoms with Gasteiger partial charge in [0.1, 0.15) is 0 Å². The lowest BCUT2D eigenvalue weighted by molar-refractivity contribution is 0.583. The number of aryl methyl sites for hydroxylation is 3. The second-order valence-corrected chi connectivity index (χ2v) is 9.46. The fourth-order valence-corrected chi connectivity index (χ4v) is 5.83. The van der Waals surface area contributed by atoms with E-state index < -0.39 is 8.32 Å². The van der Waals surface area contributed by atoms with Gasteiger partial charge >= 0.3 is 0 Å². The summed E-state index contributed by atoms with van der Waals surface area (Å²) in [5.74, 6) is 0. The highest BCUT2D eigenvalue weighted by molar-refractivity contribution is 7.06. The maximum Gasteiger partial charge on any atom is 0.285 e. The Morgan fingerprint density at radius 3 is 0.913 bits per heavy atom. The summed E-state index contributed by atoms with van der Waals surface area (Å²) in [5.41, 5.74) is 3.62. The van der Waals surface area contributed by atoms with E-state index in [1.54, 1.807) is 0 Å². The van der Waals surface area contributed by atoms with Crippen molar-refractivity contribution in [3.05, 3.63) is 89.5 Å². The van der Waals surface area contributed by atoms with Crippen molar-refractivity contribution in [3.63, 3.8) is 0 Å². The maximum absolute atomic E-state index is 11.8. The molecule has 0 aromatic heterocycles. The van der Waals surface area contributed by atoms with Gasteiger partial charge in [-0.1, -0.05) is 89.5 Å². The number of rotatable bonds is 3. The Hall–Kier alpha value is -2.16. The van der Waals surface area contributed by atoms with E-state index in [0.717, 1.165) is 15.6 Å². The van der Waals surface area contributed by atoms with Crippen molar-refractivity contribution in [2.45, 2.75) is 20.8 Å². The molecule has 1 nitrogen and oxygen atoms in total. The average Bonchev–Trinajstić information content (AvgIpc) is 2.56. The smallest absolute Gasteiger partial charge is 0.285 e. The van der Waals surface area contributed by atoms with Crippen LogP contribution < -0.4 is 15.6 Å². The van der Waals surface area contributed by atoms with Gasteiger partial charge in [0, 0.05) is 0 Å². The van der Waals surface area contributed by atoms with Crippen molar-refractivity contribution in [1.82, 2.24) is 0 Å². The molecule has 0 heterocycles. The standard InChI is InChI=1S/C21H22OSi/c1-16-4-10-19(11-5-16)23(22,20-12-6-17(2)7-13-20)21-14-8-18(3)9-15-21/h4-15,22H,1-3H3. The maximum atomic E-state index is 11.8. The lowest BCUT2D eigenvalue weighted by atomic mass is 10.2. The van der Waals surface area contributed by atoms with Gasteiger partial charge in [-0.25, -0.2) is 0 Å². The highest BCUT2D eigenvalue weighted by Crippen LogP contribution is 2.07. The Kier molecular flexibility index (Phi) is 4.20. The van der Waals surface area contributed by atoms with Gasteiger partial charge in [-0.3, -0.25) is 0 Å². The first-order valence-electron chi connectivity index (χ1n) is 7.94. The van der Waals surface area contributed by atoms with Crippen LogP contribution in [0.1, 0.15) is 16.7 Å². The molecule has 2 heteroatoms. The van der Waals surface area contributed by atoms with Crippen LogP contribution in [0.4, 0.5) is 0 Å². The molecule has 0 bridgehead atoms. The molecule has 0 amide bonds. The minimum Gasteiger partial charge on any atom is -0.421 e. The summed E-state index contributed by atoms with van der Waals surface area (Å²) in [6.07, 6.45) is 0. The van der Waals surface area contributed by atoms with Crippen molar-refractivity contribution in [2.75, 3.05) is 0 Å². The molecule has 0 saturated heterocycles. The van der Waals surface area contributed by atoms with E-state index in [0.29, 0.717) is 0 Å². The normalized spacial score (nSPS) is 11.5. The largest absolute Gasteiger partial charge is 0.421 e. The SMILES string of the molecule is Cc1ccc([Si](O)(c2ccc(C)cc2)c2ccc(C)cc2)cc1. The van der Waals surface area contributed by atoms with Crippen molar-refractivity contribution in [1.29, 1.82) is 0 Å². The first-order valence-corrected chi connectivity index (χ1v) is 9.88. The summed E-state index contributed by atoms with van der Waals surface area (Å²) >= 11 is 0. The molecule has 0 fully saturated rings. The van der Waals surface area contributed by atoms with E-state index in [2.05, 4.69) is 93.6 Å². The topological polar surface area (TPSA) is 20.2 Å². The zero-order valence-corrected chi connectivity index (χ0v) is 14.9. The number of hydrogen-bond acceptors (Lipinski definition) is 1. The van der Waals surface area contributed by atoms with Crippen LogP contribution in [0.3, 0.4) is 0 Å². The van der Waals surface area contributed by atoms with Crippen molar-refractivity contribution >= 4 is 23.9 Å². The van der Waals surface area contributed by atoms with Gasteiger partial charge in [-0.2, -0.15) is 0 Å². The molecule has 3 rings (SSSR count). The van der Waals surface area contributed by atoms with Gasteiger partial charge in [-0.05, 0) is 36.3 Å². The summed E-state index contributed by atoms with van der Waals surface area (Å²) in [7, 11) is -2.95. The molecular weight excluding hydrogens is 296 g/mol. The molecule has 3 aromatic carbocycles. The van der Waals surface area contributed by atoms with E-state index in [1.807, 2.05) is 0 Å². The molecular formula is C21H22OSi. The molecule has 3 aromatic rings. The summed E-state index contributed by atoms with van der Waals surface area (Å²) in [5, 5.41) is 3.07. The quantitative estimate of drug-likeness (QED) is 0.581. The highest BCUT2D eigenvalue weighted by atomic mass is 28.4. The summed E-state index contributed by atoms with van der Waals surface area (Å²) in [6.45, 7) is 6.21. The Morgan fingerprint density at radius 2 is 0.696 bits per heavy atom. The Labute approximate surface area is 139 Å². The molecule has 0 aliphatic rings. The molecule has 23 heavy (non-hydrogen) atoms. The third-order valence-electron chi connectivity index (χ3n) is 4.41. The van der Waals surface area contributed by atoms with Gasteiger partial charge in [0.25, 0.3) is 8.32 Å². The minimum absolute atomic E-state index is 1.02. The van der Waals surface area contributed by atoms with E-state index in [-0.39, 0.29) is 0 Å². The van der Waals surface area contributed by atoms with Crippen LogP contribution in [-0.4, -0.2) is 13.1 Å². The molecule has 0 unspecified atom stereocenters. The van der Waals surface area contributed by atoms with Crippen molar-refractivity contribution in [2.24, 2.45) is 0 Å². The van der Waals surface area contributed by atoms with Crippen LogP contribution >= 0.6 is 0 Å².